The van der Waals surface area contributed by atoms with Gasteiger partial charge in [0.25, 0.3) is 0 Å². The van der Waals surface area contributed by atoms with Gasteiger partial charge in [0.05, 0.1) is 67.1 Å². The Morgan fingerprint density at radius 3 is 1.24 bits per heavy atom. The lowest BCUT2D eigenvalue weighted by molar-refractivity contribution is 1.11. The van der Waals surface area contributed by atoms with Gasteiger partial charge in [0.2, 0.25) is 0 Å². The van der Waals surface area contributed by atoms with Crippen LogP contribution in [-0.4, -0.2) is 29.1 Å². The summed E-state index contributed by atoms with van der Waals surface area (Å²) in [6.07, 6.45) is 3.51. The molecule has 0 bridgehead atoms. The van der Waals surface area contributed by atoms with Gasteiger partial charge in [-0.05, 0) is 97.1 Å². The van der Waals surface area contributed by atoms with Crippen LogP contribution in [0.2, 0.25) is 0 Å². The van der Waals surface area contributed by atoms with Crippen LogP contribution < -0.4 is 9.80 Å². The van der Waals surface area contributed by atoms with Gasteiger partial charge in [0.15, 0.2) is 0 Å². The second kappa shape index (κ2) is 14.9. The maximum atomic E-state index is 5.68. The van der Waals surface area contributed by atoms with Gasteiger partial charge in [-0.1, -0.05) is 121 Å². The van der Waals surface area contributed by atoms with Crippen molar-refractivity contribution in [2.45, 2.75) is 0 Å². The van der Waals surface area contributed by atoms with Crippen molar-refractivity contribution in [2.24, 2.45) is 0 Å². The van der Waals surface area contributed by atoms with Crippen molar-refractivity contribution in [1.29, 1.82) is 0 Å². The number of anilines is 6. The zero-order valence-corrected chi connectivity index (χ0v) is 37.5. The Balaban J connectivity index is 1.03. The number of nitrogens with zero attached hydrogens (tertiary/aromatic N) is 8. The molecule has 0 aliphatic carbocycles. The topological polar surface area (TPSA) is 67.9 Å². The summed E-state index contributed by atoms with van der Waals surface area (Å²) in [4.78, 5) is 25.5. The fraction of sp³-hybridized carbons (Fsp3) is 0. The predicted octanol–water partition coefficient (Wildman–Crippen LogP) is 15.8. The molecule has 1 aliphatic rings. The van der Waals surface area contributed by atoms with Gasteiger partial charge in [-0.25, -0.2) is 9.97 Å². The summed E-state index contributed by atoms with van der Waals surface area (Å²) in [6, 6.07) is 78.0. The third kappa shape index (κ3) is 5.58. The van der Waals surface area contributed by atoms with E-state index in [9.17, 15) is 0 Å². The average Bonchev–Trinajstić information content (AvgIpc) is 3.95. The molecule has 8 heteroatoms. The molecule has 0 saturated carbocycles. The van der Waals surface area contributed by atoms with Gasteiger partial charge in [-0.2, -0.15) is 0 Å². The molecule has 0 atom stereocenters. The number of hydrogen-bond acceptors (Lipinski definition) is 6. The van der Waals surface area contributed by atoms with Crippen LogP contribution in [0.5, 0.6) is 0 Å². The van der Waals surface area contributed by atoms with Gasteiger partial charge in [0.1, 0.15) is 11.3 Å². The minimum atomic E-state index is 0.758. The summed E-state index contributed by atoms with van der Waals surface area (Å²) in [5.41, 5.74) is 16.8. The standard InChI is InChI=1S/C62H38N8/c1-3-15-39(16-4-1)49-31-29-47-59-60(64-36-35-63-59)48-30-34-58(66-62(48)61(47)65-49)70-54-32-27-41(68-50-23-11-7-19-43(50)44-20-8-12-24-51(44)68)37-56(54)67(40-17-5-2-6-18-40)57-38-42(28-33-55(57)70)69-52-25-13-9-21-45(52)46-22-10-14-26-53(46)69/h1-38H. The molecular formula is C62H38N8. The molecule has 6 heterocycles. The maximum absolute atomic E-state index is 5.68. The Morgan fingerprint density at radius 2 is 0.729 bits per heavy atom. The zero-order chi connectivity index (χ0) is 45.9. The summed E-state index contributed by atoms with van der Waals surface area (Å²) in [5, 5.41) is 6.66. The number of para-hydroxylation sites is 5. The highest BCUT2D eigenvalue weighted by atomic mass is 15.3. The van der Waals surface area contributed by atoms with E-state index in [2.05, 4.69) is 219 Å². The SMILES string of the molecule is c1ccc(-c2ccc3c4nccnc4c4ccc(N5c6ccc(-n7c8ccccc8c8ccccc87)cc6N(c6ccccc6)c6cc(-n7c8ccccc8c8ccccc87)ccc65)nc4c3n2)cc1. The Bertz CT molecular complexity index is 4170. The molecule has 0 unspecified atom stereocenters. The van der Waals surface area contributed by atoms with Gasteiger partial charge in [0, 0.05) is 67.3 Å². The molecule has 0 N–H and O–H groups in total. The second-order valence-corrected chi connectivity index (χ2v) is 17.9. The first-order chi connectivity index (χ1) is 34.7. The Hall–Kier alpha value is -9.66. The zero-order valence-electron chi connectivity index (χ0n) is 37.5. The molecule has 326 valence electrons. The van der Waals surface area contributed by atoms with Crippen molar-refractivity contribution in [1.82, 2.24) is 29.1 Å². The third-order valence-corrected chi connectivity index (χ3v) is 14.1. The molecule has 14 aromatic rings. The largest absolute Gasteiger partial charge is 0.309 e. The van der Waals surface area contributed by atoms with Gasteiger partial charge < -0.3 is 14.0 Å². The van der Waals surface area contributed by atoms with Gasteiger partial charge >= 0.3 is 0 Å². The van der Waals surface area contributed by atoms with Crippen LogP contribution in [0, 0.1) is 0 Å². The van der Waals surface area contributed by atoms with Gasteiger partial charge in [-0.15, -0.1) is 0 Å². The normalized spacial score (nSPS) is 12.5. The number of pyridine rings is 2. The highest BCUT2D eigenvalue weighted by Crippen LogP contribution is 2.55. The fourth-order valence-corrected chi connectivity index (χ4v) is 11.1. The van der Waals surface area contributed by atoms with E-state index in [0.29, 0.717) is 0 Å². The van der Waals surface area contributed by atoms with E-state index in [0.717, 1.165) is 112 Å². The van der Waals surface area contributed by atoms with Crippen molar-refractivity contribution in [2.75, 3.05) is 9.80 Å². The smallest absolute Gasteiger partial charge is 0.138 e. The molecule has 0 fully saturated rings. The monoisotopic (exact) mass is 894 g/mol. The lowest BCUT2D eigenvalue weighted by atomic mass is 10.0. The van der Waals surface area contributed by atoms with Crippen LogP contribution >= 0.6 is 0 Å². The second-order valence-electron chi connectivity index (χ2n) is 17.9. The lowest BCUT2D eigenvalue weighted by Gasteiger charge is -2.40. The number of hydrogen-bond donors (Lipinski definition) is 0. The van der Waals surface area contributed by atoms with Crippen LogP contribution in [0.15, 0.2) is 231 Å². The summed E-state index contributed by atoms with van der Waals surface area (Å²) in [5.74, 6) is 0.758. The molecule has 15 rings (SSSR count). The van der Waals surface area contributed by atoms with E-state index < -0.39 is 0 Å². The first-order valence-electron chi connectivity index (χ1n) is 23.6. The number of benzene rings is 9. The van der Waals surface area contributed by atoms with Crippen LogP contribution in [0.3, 0.4) is 0 Å². The first kappa shape index (κ1) is 38.4. The Labute approximate surface area is 401 Å². The molecule has 70 heavy (non-hydrogen) atoms. The van der Waals surface area contributed by atoms with Crippen molar-refractivity contribution >= 4 is 111 Å². The number of fused-ring (bicyclic) bond motifs is 14. The quantitative estimate of drug-likeness (QED) is 0.160. The van der Waals surface area contributed by atoms with Crippen molar-refractivity contribution in [3.05, 3.63) is 231 Å². The molecule has 0 radical (unpaired) electrons. The van der Waals surface area contributed by atoms with Crippen LogP contribution in [0.25, 0.3) is 99.1 Å². The van der Waals surface area contributed by atoms with Crippen molar-refractivity contribution in [3.8, 4) is 22.6 Å². The lowest BCUT2D eigenvalue weighted by Crippen LogP contribution is -2.25. The summed E-state index contributed by atoms with van der Waals surface area (Å²) in [6.45, 7) is 0. The molecule has 0 saturated heterocycles. The summed E-state index contributed by atoms with van der Waals surface area (Å²) >= 11 is 0. The molecular weight excluding hydrogens is 857 g/mol. The summed E-state index contributed by atoms with van der Waals surface area (Å²) < 4.78 is 4.79. The molecule has 9 aromatic carbocycles. The Kier molecular flexibility index (Phi) is 8.20. The van der Waals surface area contributed by atoms with Crippen molar-refractivity contribution in [3.63, 3.8) is 0 Å². The molecule has 8 nitrogen and oxygen atoms in total. The van der Waals surface area contributed by atoms with Crippen LogP contribution in [-0.2, 0) is 0 Å². The number of rotatable bonds is 5. The van der Waals surface area contributed by atoms with Gasteiger partial charge in [-0.3, -0.25) is 14.9 Å². The minimum absolute atomic E-state index is 0.758. The third-order valence-electron chi connectivity index (χ3n) is 14.1. The fourth-order valence-electron chi connectivity index (χ4n) is 11.1. The van der Waals surface area contributed by atoms with Crippen LogP contribution in [0.4, 0.5) is 34.3 Å². The van der Waals surface area contributed by atoms with E-state index in [-0.39, 0.29) is 0 Å². The average molecular weight is 895 g/mol. The maximum Gasteiger partial charge on any atom is 0.138 e. The van der Waals surface area contributed by atoms with Crippen molar-refractivity contribution < 1.29 is 0 Å². The molecule has 0 spiro atoms. The minimum Gasteiger partial charge on any atom is -0.309 e. The van der Waals surface area contributed by atoms with E-state index in [1.54, 1.807) is 12.4 Å². The predicted molar refractivity (Wildman–Crippen MR) is 287 cm³/mol. The van der Waals surface area contributed by atoms with E-state index in [1.165, 1.54) is 21.5 Å². The molecule has 0 amide bonds. The summed E-state index contributed by atoms with van der Waals surface area (Å²) in [7, 11) is 0. The molecule has 5 aromatic heterocycles. The molecule has 1 aliphatic heterocycles. The highest BCUT2D eigenvalue weighted by Gasteiger charge is 2.33. The van der Waals surface area contributed by atoms with Crippen LogP contribution in [0.1, 0.15) is 0 Å². The van der Waals surface area contributed by atoms with E-state index in [4.69, 9.17) is 19.9 Å². The number of aromatic nitrogens is 6. The Morgan fingerprint density at radius 1 is 0.286 bits per heavy atom. The van der Waals surface area contributed by atoms with E-state index in [1.807, 2.05) is 18.2 Å². The van der Waals surface area contributed by atoms with E-state index >= 15 is 0 Å². The first-order valence-corrected chi connectivity index (χ1v) is 23.6. The highest BCUT2D eigenvalue weighted by molar-refractivity contribution is 6.21.